The monoisotopic (exact) mass is 163 g/mol. The van der Waals surface area contributed by atoms with Gasteiger partial charge in [-0.15, -0.1) is 0 Å². The van der Waals surface area contributed by atoms with Gasteiger partial charge in [0.15, 0.2) is 6.29 Å². The zero-order chi connectivity index (χ0) is 8.85. The molecule has 0 aromatic carbocycles. The Labute approximate surface area is 64.1 Å². The molecule has 6 nitrogen and oxygen atoms in total. The van der Waals surface area contributed by atoms with Gasteiger partial charge in [-0.05, 0) is 6.42 Å². The Hall–Kier alpha value is -0.690. The van der Waals surface area contributed by atoms with Gasteiger partial charge in [0.1, 0.15) is 0 Å². The predicted molar refractivity (Wildman–Crippen MR) is 37.8 cm³/mol. The number of carbonyl (C=O) groups is 1. The van der Waals surface area contributed by atoms with Crippen molar-refractivity contribution in [2.45, 2.75) is 25.2 Å². The molecular formula is C5H13N3O3. The topological polar surface area (TPSA) is 122 Å². The lowest BCUT2D eigenvalue weighted by Gasteiger charge is -2.16. The summed E-state index contributed by atoms with van der Waals surface area (Å²) in [6.07, 6.45) is -1.28. The SMILES string of the molecule is NNC(CCC(N)=O)C(O)O. The van der Waals surface area contributed by atoms with Crippen LogP contribution in [0.4, 0.5) is 0 Å². The first-order valence-corrected chi connectivity index (χ1v) is 3.18. The zero-order valence-corrected chi connectivity index (χ0v) is 6.03. The normalized spacial score (nSPS) is 13.5. The molecule has 7 N–H and O–H groups in total. The molecule has 0 heterocycles. The lowest BCUT2D eigenvalue weighted by molar-refractivity contribution is -0.119. The van der Waals surface area contributed by atoms with Gasteiger partial charge in [-0.3, -0.25) is 16.1 Å². The molecule has 0 aliphatic rings. The summed E-state index contributed by atoms with van der Waals surface area (Å²) in [7, 11) is 0. The minimum atomic E-state index is -1.57. The molecule has 0 spiro atoms. The maximum absolute atomic E-state index is 10.2. The highest BCUT2D eigenvalue weighted by atomic mass is 16.5. The quantitative estimate of drug-likeness (QED) is 0.173. The number of hydrogen-bond donors (Lipinski definition) is 5. The molecule has 0 aromatic rings. The fraction of sp³-hybridized carbons (Fsp3) is 0.800. The summed E-state index contributed by atoms with van der Waals surface area (Å²) in [6.45, 7) is 0. The molecule has 1 atom stereocenters. The van der Waals surface area contributed by atoms with Crippen LogP contribution in [0.3, 0.4) is 0 Å². The van der Waals surface area contributed by atoms with Gasteiger partial charge in [-0.2, -0.15) is 0 Å². The van der Waals surface area contributed by atoms with E-state index in [0.29, 0.717) is 0 Å². The van der Waals surface area contributed by atoms with E-state index in [9.17, 15) is 4.79 Å². The Morgan fingerprint density at radius 1 is 1.55 bits per heavy atom. The van der Waals surface area contributed by atoms with Crippen molar-refractivity contribution in [2.75, 3.05) is 0 Å². The highest BCUT2D eigenvalue weighted by Gasteiger charge is 2.14. The summed E-state index contributed by atoms with van der Waals surface area (Å²) in [5, 5.41) is 17.2. The Kier molecular flexibility index (Phi) is 4.71. The molecule has 0 fully saturated rings. The number of aliphatic hydroxyl groups is 2. The van der Waals surface area contributed by atoms with Crippen LogP contribution in [0.2, 0.25) is 0 Å². The van der Waals surface area contributed by atoms with E-state index in [4.69, 9.17) is 21.8 Å². The third kappa shape index (κ3) is 4.68. The molecule has 0 bridgehead atoms. The van der Waals surface area contributed by atoms with Gasteiger partial charge in [0.05, 0.1) is 6.04 Å². The molecule has 1 amide bonds. The average molecular weight is 163 g/mol. The van der Waals surface area contributed by atoms with Gasteiger partial charge in [-0.25, -0.2) is 0 Å². The van der Waals surface area contributed by atoms with Crippen LogP contribution in [0.5, 0.6) is 0 Å². The van der Waals surface area contributed by atoms with Gasteiger partial charge < -0.3 is 15.9 Å². The Morgan fingerprint density at radius 3 is 2.36 bits per heavy atom. The number of nitrogens with two attached hydrogens (primary N) is 2. The molecular weight excluding hydrogens is 150 g/mol. The van der Waals surface area contributed by atoms with Gasteiger partial charge in [0.2, 0.25) is 5.91 Å². The molecule has 66 valence electrons. The van der Waals surface area contributed by atoms with Crippen molar-refractivity contribution < 1.29 is 15.0 Å². The first-order chi connectivity index (χ1) is 5.07. The first kappa shape index (κ1) is 10.3. The van der Waals surface area contributed by atoms with Crippen LogP contribution in [-0.4, -0.2) is 28.5 Å². The molecule has 0 aliphatic carbocycles. The van der Waals surface area contributed by atoms with Gasteiger partial charge >= 0.3 is 0 Å². The summed E-state index contributed by atoms with van der Waals surface area (Å²) in [5.74, 6) is 4.44. The van der Waals surface area contributed by atoms with E-state index >= 15 is 0 Å². The second kappa shape index (κ2) is 5.03. The third-order valence-electron chi connectivity index (χ3n) is 1.28. The molecule has 0 radical (unpaired) electrons. The maximum Gasteiger partial charge on any atom is 0.217 e. The molecule has 0 saturated heterocycles. The van der Waals surface area contributed by atoms with Crippen LogP contribution in [0, 0.1) is 0 Å². The number of nitrogens with one attached hydrogen (secondary N) is 1. The van der Waals surface area contributed by atoms with Crippen molar-refractivity contribution in [1.82, 2.24) is 5.43 Å². The van der Waals surface area contributed by atoms with Gasteiger partial charge in [0.25, 0.3) is 0 Å². The fourth-order valence-electron chi connectivity index (χ4n) is 0.616. The molecule has 6 heteroatoms. The highest BCUT2D eigenvalue weighted by molar-refractivity contribution is 5.73. The fourth-order valence-corrected chi connectivity index (χ4v) is 0.616. The summed E-state index contributed by atoms with van der Waals surface area (Å²) >= 11 is 0. The minimum Gasteiger partial charge on any atom is -0.370 e. The number of primary amides is 1. The molecule has 0 aliphatic heterocycles. The van der Waals surface area contributed by atoms with Crippen molar-refractivity contribution in [3.8, 4) is 0 Å². The Morgan fingerprint density at radius 2 is 2.09 bits per heavy atom. The Balaban J connectivity index is 3.61. The van der Waals surface area contributed by atoms with Crippen LogP contribution in [0.25, 0.3) is 0 Å². The number of hydrogen-bond acceptors (Lipinski definition) is 5. The van der Waals surface area contributed by atoms with Crippen LogP contribution >= 0.6 is 0 Å². The third-order valence-corrected chi connectivity index (χ3v) is 1.28. The summed E-state index contributed by atoms with van der Waals surface area (Å²) in [6, 6.07) is -0.706. The van der Waals surface area contributed by atoms with E-state index in [1.165, 1.54) is 0 Å². The van der Waals surface area contributed by atoms with E-state index in [0.717, 1.165) is 0 Å². The molecule has 0 rings (SSSR count). The number of carbonyl (C=O) groups excluding carboxylic acids is 1. The summed E-state index contributed by atoms with van der Waals surface area (Å²) in [4.78, 5) is 10.2. The van der Waals surface area contributed by atoms with Crippen molar-refractivity contribution in [1.29, 1.82) is 0 Å². The van der Waals surface area contributed by atoms with E-state index < -0.39 is 18.2 Å². The number of aliphatic hydroxyl groups excluding tert-OH is 1. The Bertz CT molecular complexity index is 128. The second-order valence-corrected chi connectivity index (χ2v) is 2.19. The van der Waals surface area contributed by atoms with Crippen LogP contribution in [0.15, 0.2) is 0 Å². The van der Waals surface area contributed by atoms with E-state index in [2.05, 4.69) is 5.43 Å². The summed E-state index contributed by atoms with van der Waals surface area (Å²) in [5.41, 5.74) is 6.97. The number of hydrazine groups is 1. The first-order valence-electron chi connectivity index (χ1n) is 3.18. The van der Waals surface area contributed by atoms with Crippen LogP contribution in [0.1, 0.15) is 12.8 Å². The van der Waals surface area contributed by atoms with Gasteiger partial charge in [0, 0.05) is 6.42 Å². The molecule has 11 heavy (non-hydrogen) atoms. The standard InChI is InChI=1S/C5H13N3O3/c6-4(9)2-1-3(8-7)5(10)11/h3,5,8,10-11H,1-2,7H2,(H2,6,9). The van der Waals surface area contributed by atoms with Gasteiger partial charge in [-0.1, -0.05) is 0 Å². The van der Waals surface area contributed by atoms with E-state index in [-0.39, 0.29) is 12.8 Å². The molecule has 0 saturated carbocycles. The van der Waals surface area contributed by atoms with Crippen molar-refractivity contribution in [2.24, 2.45) is 11.6 Å². The minimum absolute atomic E-state index is 0.0759. The lowest BCUT2D eigenvalue weighted by atomic mass is 10.1. The molecule has 0 aromatic heterocycles. The number of rotatable bonds is 5. The average Bonchev–Trinajstić information content (AvgIpc) is 1.87. The van der Waals surface area contributed by atoms with E-state index in [1.807, 2.05) is 0 Å². The molecule has 1 unspecified atom stereocenters. The second-order valence-electron chi connectivity index (χ2n) is 2.19. The highest BCUT2D eigenvalue weighted by Crippen LogP contribution is 1.98. The van der Waals surface area contributed by atoms with Crippen molar-refractivity contribution in [3.05, 3.63) is 0 Å². The predicted octanol–water partition coefficient (Wildman–Crippen LogP) is -2.61. The van der Waals surface area contributed by atoms with Crippen molar-refractivity contribution >= 4 is 5.91 Å². The van der Waals surface area contributed by atoms with Crippen molar-refractivity contribution in [3.63, 3.8) is 0 Å². The van der Waals surface area contributed by atoms with Crippen LogP contribution < -0.4 is 17.0 Å². The summed E-state index contributed by atoms with van der Waals surface area (Å²) < 4.78 is 0. The maximum atomic E-state index is 10.2. The van der Waals surface area contributed by atoms with E-state index in [1.54, 1.807) is 0 Å². The largest absolute Gasteiger partial charge is 0.370 e. The number of amides is 1. The lowest BCUT2D eigenvalue weighted by Crippen LogP contribution is -2.44. The van der Waals surface area contributed by atoms with Crippen LogP contribution in [-0.2, 0) is 4.79 Å². The smallest absolute Gasteiger partial charge is 0.217 e. The zero-order valence-electron chi connectivity index (χ0n) is 6.03.